The molecule has 0 aliphatic rings. The normalized spacial score (nSPS) is 11.0. The molecule has 0 saturated carbocycles. The summed E-state index contributed by atoms with van der Waals surface area (Å²) in [6.07, 6.45) is 0. The summed E-state index contributed by atoms with van der Waals surface area (Å²) in [5.74, 6) is 0.141. The van der Waals surface area contributed by atoms with Crippen molar-refractivity contribution in [3.8, 4) is 5.75 Å². The molecule has 26 heavy (non-hydrogen) atoms. The minimum atomic E-state index is -0.0227. The SMILES string of the molecule is Cc1c(C(=O)c2ccccc2)c2cc(O)ccc2n1Cc1ccccc1. The highest BCUT2D eigenvalue weighted by Crippen LogP contribution is 2.31. The van der Waals surface area contributed by atoms with Gasteiger partial charge in [-0.3, -0.25) is 4.79 Å². The zero-order valence-electron chi connectivity index (χ0n) is 14.5. The number of hydrogen-bond donors (Lipinski definition) is 1. The molecule has 128 valence electrons. The van der Waals surface area contributed by atoms with Gasteiger partial charge in [-0.1, -0.05) is 60.7 Å². The van der Waals surface area contributed by atoms with Crippen molar-refractivity contribution in [3.63, 3.8) is 0 Å². The fourth-order valence-corrected chi connectivity index (χ4v) is 3.46. The lowest BCUT2D eigenvalue weighted by Crippen LogP contribution is -2.06. The van der Waals surface area contributed by atoms with Crippen LogP contribution in [0.25, 0.3) is 10.9 Å². The zero-order valence-corrected chi connectivity index (χ0v) is 14.5. The second-order valence-electron chi connectivity index (χ2n) is 6.43. The number of fused-ring (bicyclic) bond motifs is 1. The van der Waals surface area contributed by atoms with Crippen LogP contribution in [-0.2, 0) is 6.54 Å². The van der Waals surface area contributed by atoms with E-state index in [0.29, 0.717) is 17.7 Å². The Morgan fingerprint density at radius 1 is 0.923 bits per heavy atom. The Kier molecular flexibility index (Phi) is 4.05. The minimum absolute atomic E-state index is 0.0227. The second kappa shape index (κ2) is 6.52. The smallest absolute Gasteiger partial charge is 0.195 e. The first-order valence-electron chi connectivity index (χ1n) is 8.60. The third-order valence-corrected chi connectivity index (χ3v) is 4.75. The topological polar surface area (TPSA) is 42.2 Å². The van der Waals surface area contributed by atoms with E-state index in [1.165, 1.54) is 5.56 Å². The standard InChI is InChI=1S/C23H19NO2/c1-16-22(23(26)18-10-6-3-7-11-18)20-14-19(25)12-13-21(20)24(16)15-17-8-4-2-5-9-17/h2-14,25H,15H2,1H3. The molecule has 3 nitrogen and oxygen atoms in total. The number of rotatable bonds is 4. The summed E-state index contributed by atoms with van der Waals surface area (Å²) in [5.41, 5.74) is 4.32. The van der Waals surface area contributed by atoms with Gasteiger partial charge in [-0.05, 0) is 30.7 Å². The van der Waals surface area contributed by atoms with E-state index in [0.717, 1.165) is 16.6 Å². The highest BCUT2D eigenvalue weighted by molar-refractivity contribution is 6.17. The second-order valence-corrected chi connectivity index (χ2v) is 6.43. The fourth-order valence-electron chi connectivity index (χ4n) is 3.46. The van der Waals surface area contributed by atoms with Crippen molar-refractivity contribution in [3.05, 3.63) is 101 Å². The fraction of sp³-hybridized carbons (Fsp3) is 0.0870. The molecule has 0 atom stereocenters. The maximum Gasteiger partial charge on any atom is 0.195 e. The Balaban J connectivity index is 1.91. The molecule has 3 aromatic carbocycles. The third-order valence-electron chi connectivity index (χ3n) is 4.75. The largest absolute Gasteiger partial charge is 0.508 e. The number of phenolic OH excluding ortho intramolecular Hbond substituents is 1. The molecule has 0 aliphatic carbocycles. The van der Waals surface area contributed by atoms with E-state index in [1.54, 1.807) is 12.1 Å². The lowest BCUT2D eigenvalue weighted by Gasteiger charge is -2.09. The van der Waals surface area contributed by atoms with Gasteiger partial charge in [0.25, 0.3) is 0 Å². The van der Waals surface area contributed by atoms with E-state index in [4.69, 9.17) is 0 Å². The summed E-state index contributed by atoms with van der Waals surface area (Å²) < 4.78 is 2.14. The molecule has 0 spiro atoms. The first kappa shape index (κ1) is 16.2. The van der Waals surface area contributed by atoms with Crippen molar-refractivity contribution in [1.29, 1.82) is 0 Å². The predicted octanol–water partition coefficient (Wildman–Crippen LogP) is 4.93. The molecule has 1 heterocycles. The molecular formula is C23H19NO2. The number of aromatic hydroxyl groups is 1. The Hall–Kier alpha value is -3.33. The molecule has 3 heteroatoms. The molecule has 1 aromatic heterocycles. The summed E-state index contributed by atoms with van der Waals surface area (Å²) in [6.45, 7) is 2.65. The summed E-state index contributed by atoms with van der Waals surface area (Å²) in [7, 11) is 0. The van der Waals surface area contributed by atoms with Crippen molar-refractivity contribution in [2.75, 3.05) is 0 Å². The van der Waals surface area contributed by atoms with Crippen molar-refractivity contribution >= 4 is 16.7 Å². The number of aromatic nitrogens is 1. The molecule has 0 aliphatic heterocycles. The molecular weight excluding hydrogens is 322 g/mol. The number of hydrogen-bond acceptors (Lipinski definition) is 2. The van der Waals surface area contributed by atoms with Crippen LogP contribution < -0.4 is 0 Å². The van der Waals surface area contributed by atoms with Crippen molar-refractivity contribution < 1.29 is 9.90 Å². The average Bonchev–Trinajstić information content (AvgIpc) is 2.94. The summed E-state index contributed by atoms with van der Waals surface area (Å²) >= 11 is 0. The summed E-state index contributed by atoms with van der Waals surface area (Å²) in [6, 6.07) is 24.7. The van der Waals surface area contributed by atoms with E-state index < -0.39 is 0 Å². The molecule has 0 bridgehead atoms. The Bertz CT molecular complexity index is 1080. The number of ketones is 1. The van der Waals surface area contributed by atoms with E-state index in [9.17, 15) is 9.90 Å². The Morgan fingerprint density at radius 3 is 2.27 bits per heavy atom. The van der Waals surface area contributed by atoms with Crippen molar-refractivity contribution in [2.45, 2.75) is 13.5 Å². The van der Waals surface area contributed by atoms with Crippen LogP contribution >= 0.6 is 0 Å². The average molecular weight is 341 g/mol. The van der Waals surface area contributed by atoms with Crippen LogP contribution in [-0.4, -0.2) is 15.5 Å². The molecule has 4 rings (SSSR count). The highest BCUT2D eigenvalue weighted by atomic mass is 16.3. The van der Waals surface area contributed by atoms with Gasteiger partial charge in [0.05, 0.1) is 5.56 Å². The third kappa shape index (κ3) is 2.78. The van der Waals surface area contributed by atoms with Gasteiger partial charge in [-0.25, -0.2) is 0 Å². The van der Waals surface area contributed by atoms with Gasteiger partial charge in [0.2, 0.25) is 0 Å². The van der Waals surface area contributed by atoms with Crippen LogP contribution in [0.4, 0.5) is 0 Å². The monoisotopic (exact) mass is 341 g/mol. The lowest BCUT2D eigenvalue weighted by molar-refractivity contribution is 0.103. The number of nitrogens with zero attached hydrogens (tertiary/aromatic N) is 1. The Labute approximate surface area is 152 Å². The summed E-state index contributed by atoms with van der Waals surface area (Å²) in [4.78, 5) is 13.2. The molecule has 0 saturated heterocycles. The van der Waals surface area contributed by atoms with Gasteiger partial charge in [0.15, 0.2) is 5.78 Å². The van der Waals surface area contributed by atoms with Gasteiger partial charge < -0.3 is 9.67 Å². The summed E-state index contributed by atoms with van der Waals surface area (Å²) in [5, 5.41) is 10.8. The van der Waals surface area contributed by atoms with Crippen LogP contribution in [0.5, 0.6) is 5.75 Å². The first-order chi connectivity index (χ1) is 12.6. The van der Waals surface area contributed by atoms with E-state index in [1.807, 2.05) is 61.5 Å². The van der Waals surface area contributed by atoms with Gasteiger partial charge in [-0.2, -0.15) is 0 Å². The number of carbonyl (C=O) groups is 1. The zero-order chi connectivity index (χ0) is 18.1. The van der Waals surface area contributed by atoms with E-state index in [2.05, 4.69) is 16.7 Å². The van der Waals surface area contributed by atoms with Crippen LogP contribution in [0.1, 0.15) is 27.2 Å². The molecule has 0 fully saturated rings. The Morgan fingerprint density at radius 2 is 1.58 bits per heavy atom. The van der Waals surface area contributed by atoms with Crippen LogP contribution in [0, 0.1) is 6.92 Å². The number of benzene rings is 3. The molecule has 0 amide bonds. The van der Waals surface area contributed by atoms with Crippen LogP contribution in [0.2, 0.25) is 0 Å². The number of carbonyl (C=O) groups excluding carboxylic acids is 1. The molecule has 0 radical (unpaired) electrons. The van der Waals surface area contributed by atoms with Gasteiger partial charge in [0.1, 0.15) is 5.75 Å². The first-order valence-corrected chi connectivity index (χ1v) is 8.60. The van der Waals surface area contributed by atoms with Crippen molar-refractivity contribution in [2.24, 2.45) is 0 Å². The maximum absolute atomic E-state index is 13.2. The molecule has 4 aromatic rings. The quantitative estimate of drug-likeness (QED) is 0.535. The maximum atomic E-state index is 13.2. The minimum Gasteiger partial charge on any atom is -0.508 e. The van der Waals surface area contributed by atoms with Gasteiger partial charge >= 0.3 is 0 Å². The van der Waals surface area contributed by atoms with Crippen LogP contribution in [0.3, 0.4) is 0 Å². The lowest BCUT2D eigenvalue weighted by atomic mass is 10.0. The van der Waals surface area contributed by atoms with E-state index >= 15 is 0 Å². The van der Waals surface area contributed by atoms with Crippen molar-refractivity contribution in [1.82, 2.24) is 4.57 Å². The van der Waals surface area contributed by atoms with Crippen LogP contribution in [0.15, 0.2) is 78.9 Å². The molecule has 1 N–H and O–H groups in total. The number of phenols is 1. The highest BCUT2D eigenvalue weighted by Gasteiger charge is 2.21. The van der Waals surface area contributed by atoms with E-state index in [-0.39, 0.29) is 11.5 Å². The van der Waals surface area contributed by atoms with Gasteiger partial charge in [0, 0.05) is 28.7 Å². The predicted molar refractivity (Wildman–Crippen MR) is 104 cm³/mol. The van der Waals surface area contributed by atoms with Gasteiger partial charge in [-0.15, -0.1) is 0 Å². The molecule has 0 unspecified atom stereocenters.